The third kappa shape index (κ3) is 4.21. The highest BCUT2D eigenvalue weighted by Gasteiger charge is 2.34. The molecule has 2 aliphatic rings. The van der Waals surface area contributed by atoms with E-state index in [1.807, 2.05) is 0 Å². The molecule has 0 aromatic rings. The highest BCUT2D eigenvalue weighted by atomic mass is 32.2. The lowest BCUT2D eigenvalue weighted by Crippen LogP contribution is -2.48. The van der Waals surface area contributed by atoms with Gasteiger partial charge in [0.25, 0.3) is 10.2 Å². The minimum atomic E-state index is -3.43. The first kappa shape index (κ1) is 13.3. The first-order chi connectivity index (χ1) is 7.89. The van der Waals surface area contributed by atoms with Gasteiger partial charge >= 0.3 is 0 Å². The summed E-state index contributed by atoms with van der Waals surface area (Å²) in [7, 11) is -3.43. The fourth-order valence-electron chi connectivity index (χ4n) is 2.17. The zero-order chi connectivity index (χ0) is 12.5. The van der Waals surface area contributed by atoms with Crippen molar-refractivity contribution in [2.45, 2.75) is 57.1 Å². The third-order valence-corrected chi connectivity index (χ3v) is 4.86. The Morgan fingerprint density at radius 1 is 1.24 bits per heavy atom. The Balaban J connectivity index is 1.80. The van der Waals surface area contributed by atoms with Gasteiger partial charge < -0.3 is 5.11 Å². The normalized spacial score (nSPS) is 34.8. The predicted octanol–water partition coefficient (Wildman–Crippen LogP) is 0.514. The zero-order valence-corrected chi connectivity index (χ0v) is 11.1. The molecule has 0 atom stereocenters. The number of rotatable bonds is 5. The molecule has 0 saturated heterocycles. The van der Waals surface area contributed by atoms with Crippen LogP contribution in [-0.2, 0) is 10.2 Å². The molecule has 17 heavy (non-hydrogen) atoms. The van der Waals surface area contributed by atoms with Gasteiger partial charge in [0.1, 0.15) is 0 Å². The van der Waals surface area contributed by atoms with Crippen LogP contribution in [0.15, 0.2) is 0 Å². The van der Waals surface area contributed by atoms with E-state index >= 15 is 0 Å². The van der Waals surface area contributed by atoms with Gasteiger partial charge in [-0.05, 0) is 44.4 Å². The van der Waals surface area contributed by atoms with Crippen LogP contribution in [0.25, 0.3) is 0 Å². The highest BCUT2D eigenvalue weighted by molar-refractivity contribution is 7.87. The molecule has 0 unspecified atom stereocenters. The van der Waals surface area contributed by atoms with Crippen molar-refractivity contribution in [2.24, 2.45) is 5.92 Å². The lowest BCUT2D eigenvalue weighted by Gasteiger charge is -2.34. The fourth-order valence-corrected chi connectivity index (χ4v) is 3.38. The van der Waals surface area contributed by atoms with Crippen molar-refractivity contribution in [1.29, 1.82) is 0 Å². The molecule has 3 N–H and O–H groups in total. The summed E-state index contributed by atoms with van der Waals surface area (Å²) < 4.78 is 28.2. The average Bonchev–Trinajstić information content (AvgIpc) is 3.04. The van der Waals surface area contributed by atoms with Crippen LogP contribution in [0.3, 0.4) is 0 Å². The second-order valence-electron chi connectivity index (χ2n) is 5.62. The largest absolute Gasteiger partial charge is 0.389 e. The Bertz CT molecular complexity index is 357. The summed E-state index contributed by atoms with van der Waals surface area (Å²) in [5.74, 6) is 0.636. The highest BCUT2D eigenvalue weighted by Crippen LogP contribution is 2.31. The minimum Gasteiger partial charge on any atom is -0.389 e. The van der Waals surface area contributed by atoms with E-state index in [9.17, 15) is 13.5 Å². The van der Waals surface area contributed by atoms with Gasteiger partial charge in [-0.3, -0.25) is 0 Å². The van der Waals surface area contributed by atoms with Crippen molar-refractivity contribution in [3.05, 3.63) is 0 Å². The Labute approximate surface area is 103 Å². The molecule has 0 aliphatic heterocycles. The van der Waals surface area contributed by atoms with Gasteiger partial charge in [0.15, 0.2) is 0 Å². The maximum absolute atomic E-state index is 11.6. The summed E-state index contributed by atoms with van der Waals surface area (Å²) in [5, 5.41) is 10.2. The molecule has 2 saturated carbocycles. The van der Waals surface area contributed by atoms with Crippen molar-refractivity contribution in [3.63, 3.8) is 0 Å². The number of nitrogens with one attached hydrogen (secondary N) is 2. The number of hydrogen-bond acceptors (Lipinski definition) is 3. The Morgan fingerprint density at radius 2 is 1.82 bits per heavy atom. The van der Waals surface area contributed by atoms with Gasteiger partial charge in [0.05, 0.1) is 5.60 Å². The molecule has 100 valence electrons. The molecule has 0 bridgehead atoms. The Hall–Kier alpha value is -0.170. The van der Waals surface area contributed by atoms with Crippen LogP contribution in [0.1, 0.15) is 45.4 Å². The van der Waals surface area contributed by atoms with Gasteiger partial charge in [0.2, 0.25) is 0 Å². The molecule has 0 aromatic heterocycles. The SMILES string of the molecule is CC1CCC(O)(CNS(=O)(=O)NC2CC2)CC1. The average molecular weight is 262 g/mol. The minimum absolute atomic E-state index is 0.105. The topological polar surface area (TPSA) is 78.4 Å². The lowest BCUT2D eigenvalue weighted by atomic mass is 9.80. The molecule has 2 fully saturated rings. The smallest absolute Gasteiger partial charge is 0.277 e. The second kappa shape index (κ2) is 4.84. The predicted molar refractivity (Wildman–Crippen MR) is 65.7 cm³/mol. The maximum Gasteiger partial charge on any atom is 0.277 e. The summed E-state index contributed by atoms with van der Waals surface area (Å²) in [6, 6.07) is 0.105. The van der Waals surface area contributed by atoms with Crippen LogP contribution in [0, 0.1) is 5.92 Å². The van der Waals surface area contributed by atoms with E-state index in [2.05, 4.69) is 16.4 Å². The Morgan fingerprint density at radius 3 is 2.35 bits per heavy atom. The quantitative estimate of drug-likeness (QED) is 0.675. The molecule has 6 heteroatoms. The standard InChI is InChI=1S/C11H22N2O3S/c1-9-4-6-11(14,7-5-9)8-12-17(15,16)13-10-2-3-10/h9-10,12-14H,2-8H2,1H3. The molecule has 0 heterocycles. The van der Waals surface area contributed by atoms with E-state index in [0.717, 1.165) is 25.7 Å². The van der Waals surface area contributed by atoms with Crippen molar-refractivity contribution in [3.8, 4) is 0 Å². The molecule has 5 nitrogen and oxygen atoms in total. The van der Waals surface area contributed by atoms with Crippen LogP contribution in [0.2, 0.25) is 0 Å². The summed E-state index contributed by atoms with van der Waals surface area (Å²) in [4.78, 5) is 0. The monoisotopic (exact) mass is 262 g/mol. The van der Waals surface area contributed by atoms with Crippen molar-refractivity contribution >= 4 is 10.2 Å². The van der Waals surface area contributed by atoms with E-state index in [-0.39, 0.29) is 12.6 Å². The van der Waals surface area contributed by atoms with Gasteiger partial charge in [-0.1, -0.05) is 6.92 Å². The van der Waals surface area contributed by atoms with Crippen LogP contribution in [0.5, 0.6) is 0 Å². The summed E-state index contributed by atoms with van der Waals surface area (Å²) in [6.45, 7) is 2.29. The van der Waals surface area contributed by atoms with Gasteiger partial charge in [-0.15, -0.1) is 0 Å². The van der Waals surface area contributed by atoms with Gasteiger partial charge in [-0.25, -0.2) is 0 Å². The fraction of sp³-hybridized carbons (Fsp3) is 1.00. The number of hydrogen-bond donors (Lipinski definition) is 3. The summed E-state index contributed by atoms with van der Waals surface area (Å²) in [5.41, 5.74) is -0.856. The van der Waals surface area contributed by atoms with Crippen LogP contribution in [0.4, 0.5) is 0 Å². The first-order valence-corrected chi connectivity index (χ1v) is 7.86. The molecule has 0 spiro atoms. The van der Waals surface area contributed by atoms with E-state index in [4.69, 9.17) is 0 Å². The summed E-state index contributed by atoms with van der Waals surface area (Å²) in [6.07, 6.45) is 5.13. The maximum atomic E-state index is 11.6. The molecule has 0 amide bonds. The van der Waals surface area contributed by atoms with E-state index in [0.29, 0.717) is 18.8 Å². The second-order valence-corrected chi connectivity index (χ2v) is 7.15. The van der Waals surface area contributed by atoms with E-state index in [1.165, 1.54) is 0 Å². The molecule has 2 aliphatic carbocycles. The summed E-state index contributed by atoms with van der Waals surface area (Å²) >= 11 is 0. The van der Waals surface area contributed by atoms with Crippen LogP contribution >= 0.6 is 0 Å². The van der Waals surface area contributed by atoms with Crippen molar-refractivity contribution in [2.75, 3.05) is 6.54 Å². The first-order valence-electron chi connectivity index (χ1n) is 6.38. The lowest BCUT2D eigenvalue weighted by molar-refractivity contribution is -0.00189. The van der Waals surface area contributed by atoms with Crippen LogP contribution < -0.4 is 9.44 Å². The zero-order valence-electron chi connectivity index (χ0n) is 10.3. The van der Waals surface area contributed by atoms with Crippen LogP contribution in [-0.4, -0.2) is 31.7 Å². The van der Waals surface area contributed by atoms with E-state index < -0.39 is 15.8 Å². The third-order valence-electron chi connectivity index (χ3n) is 3.70. The van der Waals surface area contributed by atoms with Crippen molar-refractivity contribution in [1.82, 2.24) is 9.44 Å². The van der Waals surface area contributed by atoms with E-state index in [1.54, 1.807) is 0 Å². The molecular formula is C11H22N2O3S. The Kier molecular flexibility index (Phi) is 3.77. The molecular weight excluding hydrogens is 240 g/mol. The molecule has 2 rings (SSSR count). The van der Waals surface area contributed by atoms with Crippen molar-refractivity contribution < 1.29 is 13.5 Å². The molecule has 0 radical (unpaired) electrons. The van der Waals surface area contributed by atoms with Gasteiger partial charge in [0, 0.05) is 12.6 Å². The molecule has 0 aromatic carbocycles. The van der Waals surface area contributed by atoms with Gasteiger partial charge in [-0.2, -0.15) is 17.9 Å². The number of aliphatic hydroxyl groups is 1.